The van der Waals surface area contributed by atoms with Crippen LogP contribution in [-0.2, 0) is 4.74 Å². The Bertz CT molecular complexity index is 1260. The van der Waals surface area contributed by atoms with Gasteiger partial charge in [-0.1, -0.05) is 12.1 Å². The van der Waals surface area contributed by atoms with E-state index in [0.717, 1.165) is 17.0 Å². The highest BCUT2D eigenvalue weighted by Gasteiger charge is 2.13. The van der Waals surface area contributed by atoms with Crippen molar-refractivity contribution in [3.63, 3.8) is 0 Å². The van der Waals surface area contributed by atoms with Crippen LogP contribution in [-0.4, -0.2) is 28.0 Å². The molecule has 4 aromatic rings. The lowest BCUT2D eigenvalue weighted by Gasteiger charge is -2.14. The Hall–Kier alpha value is -4.26. The monoisotopic (exact) mass is 426 g/mol. The van der Waals surface area contributed by atoms with Crippen molar-refractivity contribution in [3.05, 3.63) is 89.9 Å². The van der Waals surface area contributed by atoms with E-state index in [4.69, 9.17) is 14.5 Å². The summed E-state index contributed by atoms with van der Waals surface area (Å²) in [5, 5.41) is 3.19. The number of nitrogens with zero attached hydrogens (tertiary/aromatic N) is 3. The molecule has 0 saturated carbocycles. The Morgan fingerprint density at radius 3 is 2.59 bits per heavy atom. The number of hydrogen-bond acceptors (Lipinski definition) is 7. The Morgan fingerprint density at radius 2 is 1.81 bits per heavy atom. The van der Waals surface area contributed by atoms with Crippen LogP contribution in [0.1, 0.15) is 21.6 Å². The van der Waals surface area contributed by atoms with Gasteiger partial charge in [-0.25, -0.2) is 14.8 Å². The van der Waals surface area contributed by atoms with Gasteiger partial charge in [0.05, 0.1) is 18.4 Å². The van der Waals surface area contributed by atoms with Crippen molar-refractivity contribution in [2.45, 2.75) is 13.8 Å². The van der Waals surface area contributed by atoms with Crippen LogP contribution >= 0.6 is 0 Å². The van der Waals surface area contributed by atoms with Gasteiger partial charge in [0, 0.05) is 29.8 Å². The van der Waals surface area contributed by atoms with Gasteiger partial charge in [-0.2, -0.15) is 0 Å². The van der Waals surface area contributed by atoms with E-state index in [9.17, 15) is 4.79 Å². The molecule has 0 bridgehead atoms. The van der Waals surface area contributed by atoms with Crippen molar-refractivity contribution in [3.8, 4) is 22.9 Å². The zero-order chi connectivity index (χ0) is 22.5. The second kappa shape index (κ2) is 9.26. The number of pyridine rings is 3. The number of carbonyl (C=O) groups excluding carboxylic acids is 1. The number of anilines is 2. The van der Waals surface area contributed by atoms with Gasteiger partial charge in [-0.3, -0.25) is 4.98 Å². The third-order valence-corrected chi connectivity index (χ3v) is 4.85. The number of aryl methyl sites for hydroxylation is 2. The lowest BCUT2D eigenvalue weighted by atomic mass is 10.1. The lowest BCUT2D eigenvalue weighted by Crippen LogP contribution is -2.02. The summed E-state index contributed by atoms with van der Waals surface area (Å²) in [7, 11) is 1.35. The molecule has 160 valence electrons. The highest BCUT2D eigenvalue weighted by molar-refractivity contribution is 5.90. The molecule has 32 heavy (non-hydrogen) atoms. The summed E-state index contributed by atoms with van der Waals surface area (Å²) >= 11 is 0. The SMILES string of the molecule is COC(=O)c1cccc(Nc2cc(Oc3cc(C)c(C)nc3-c3ccccn3)ccn2)c1. The van der Waals surface area contributed by atoms with Gasteiger partial charge >= 0.3 is 5.97 Å². The average Bonchev–Trinajstić information content (AvgIpc) is 2.82. The molecule has 0 amide bonds. The van der Waals surface area contributed by atoms with E-state index in [1.807, 2.05) is 44.2 Å². The van der Waals surface area contributed by atoms with Crippen LogP contribution in [0.3, 0.4) is 0 Å². The highest BCUT2D eigenvalue weighted by atomic mass is 16.5. The third-order valence-electron chi connectivity index (χ3n) is 4.85. The maximum atomic E-state index is 11.8. The molecule has 0 unspecified atom stereocenters. The molecule has 7 nitrogen and oxygen atoms in total. The van der Waals surface area contributed by atoms with Crippen molar-refractivity contribution in [1.82, 2.24) is 15.0 Å². The molecule has 0 atom stereocenters. The molecule has 1 aromatic carbocycles. The molecule has 3 aromatic heterocycles. The van der Waals surface area contributed by atoms with Gasteiger partial charge in [-0.05, 0) is 61.9 Å². The van der Waals surface area contributed by atoms with Crippen molar-refractivity contribution in [2.75, 3.05) is 12.4 Å². The first-order valence-electron chi connectivity index (χ1n) is 10.0. The van der Waals surface area contributed by atoms with Crippen molar-refractivity contribution in [1.29, 1.82) is 0 Å². The van der Waals surface area contributed by atoms with Crippen molar-refractivity contribution < 1.29 is 14.3 Å². The second-order valence-electron chi connectivity index (χ2n) is 7.13. The maximum absolute atomic E-state index is 11.8. The standard InChI is InChI=1S/C25H22N4O3/c1-16-13-22(24(28-17(16)2)21-9-4-5-11-26-21)32-20-10-12-27-23(15-20)29-19-8-6-7-18(14-19)25(30)31-3/h4-15H,1-3H3,(H,27,29). The first-order chi connectivity index (χ1) is 15.5. The van der Waals surface area contributed by atoms with E-state index >= 15 is 0 Å². The zero-order valence-electron chi connectivity index (χ0n) is 18.0. The summed E-state index contributed by atoms with van der Waals surface area (Å²) in [6.45, 7) is 3.95. The molecule has 4 rings (SSSR count). The molecule has 0 saturated heterocycles. The number of ether oxygens (including phenoxy) is 2. The van der Waals surface area contributed by atoms with Crippen molar-refractivity contribution in [2.24, 2.45) is 0 Å². The zero-order valence-corrected chi connectivity index (χ0v) is 18.0. The first-order valence-corrected chi connectivity index (χ1v) is 10.0. The fourth-order valence-corrected chi connectivity index (χ4v) is 3.10. The van der Waals surface area contributed by atoms with Gasteiger partial charge < -0.3 is 14.8 Å². The number of nitrogens with one attached hydrogen (secondary N) is 1. The fourth-order valence-electron chi connectivity index (χ4n) is 3.10. The fraction of sp³-hybridized carbons (Fsp3) is 0.120. The summed E-state index contributed by atoms with van der Waals surface area (Å²) < 4.78 is 11.0. The Labute approximate surface area is 186 Å². The van der Waals surface area contributed by atoms with E-state index in [1.54, 1.807) is 42.7 Å². The number of carbonyl (C=O) groups is 1. The van der Waals surface area contributed by atoms with Crippen LogP contribution in [0.25, 0.3) is 11.4 Å². The van der Waals surface area contributed by atoms with E-state index in [2.05, 4.69) is 15.3 Å². The highest BCUT2D eigenvalue weighted by Crippen LogP contribution is 2.33. The topological polar surface area (TPSA) is 86.2 Å². The molecule has 0 radical (unpaired) electrons. The van der Waals surface area contributed by atoms with Crippen LogP contribution in [0.5, 0.6) is 11.5 Å². The van der Waals surface area contributed by atoms with Gasteiger partial charge in [0.15, 0.2) is 5.75 Å². The molecule has 1 N–H and O–H groups in total. The maximum Gasteiger partial charge on any atom is 0.337 e. The molecule has 0 spiro atoms. The predicted octanol–water partition coefficient (Wildman–Crippen LogP) is 5.48. The predicted molar refractivity (Wildman–Crippen MR) is 122 cm³/mol. The number of benzene rings is 1. The summed E-state index contributed by atoms with van der Waals surface area (Å²) in [6, 6.07) is 18.2. The molecule has 0 aliphatic rings. The van der Waals surface area contributed by atoms with Crippen LogP contribution in [0.15, 0.2) is 73.1 Å². The van der Waals surface area contributed by atoms with E-state index in [1.165, 1.54) is 7.11 Å². The number of esters is 1. The molecule has 0 fully saturated rings. The summed E-state index contributed by atoms with van der Waals surface area (Å²) in [5.41, 5.74) is 4.50. The largest absolute Gasteiger partial charge is 0.465 e. The van der Waals surface area contributed by atoms with E-state index in [-0.39, 0.29) is 0 Å². The Morgan fingerprint density at radius 1 is 0.938 bits per heavy atom. The van der Waals surface area contributed by atoms with E-state index in [0.29, 0.717) is 34.3 Å². The number of rotatable bonds is 6. The number of aromatic nitrogens is 3. The lowest BCUT2D eigenvalue weighted by molar-refractivity contribution is 0.0601. The van der Waals surface area contributed by atoms with Crippen LogP contribution < -0.4 is 10.1 Å². The summed E-state index contributed by atoms with van der Waals surface area (Å²) in [4.78, 5) is 25.2. The molecular formula is C25H22N4O3. The molecule has 0 aliphatic carbocycles. The molecule has 0 aliphatic heterocycles. The third kappa shape index (κ3) is 4.73. The van der Waals surface area contributed by atoms with Crippen LogP contribution in [0, 0.1) is 13.8 Å². The van der Waals surface area contributed by atoms with Crippen LogP contribution in [0.4, 0.5) is 11.5 Å². The Kier molecular flexibility index (Phi) is 6.07. The quantitative estimate of drug-likeness (QED) is 0.409. The van der Waals surface area contributed by atoms with Gasteiger partial charge in [0.25, 0.3) is 0 Å². The normalized spacial score (nSPS) is 10.5. The average molecular weight is 426 g/mol. The summed E-state index contributed by atoms with van der Waals surface area (Å²) in [5.74, 6) is 1.37. The minimum Gasteiger partial charge on any atom is -0.465 e. The second-order valence-corrected chi connectivity index (χ2v) is 7.13. The number of hydrogen-bond donors (Lipinski definition) is 1. The summed E-state index contributed by atoms with van der Waals surface area (Å²) in [6.07, 6.45) is 3.38. The van der Waals surface area contributed by atoms with Crippen molar-refractivity contribution >= 4 is 17.5 Å². The Balaban J connectivity index is 1.62. The smallest absolute Gasteiger partial charge is 0.337 e. The van der Waals surface area contributed by atoms with Crippen LogP contribution in [0.2, 0.25) is 0 Å². The van der Waals surface area contributed by atoms with Gasteiger partial charge in [0.2, 0.25) is 0 Å². The molecule has 3 heterocycles. The minimum absolute atomic E-state index is 0.400. The first kappa shape index (κ1) is 21.0. The molecular weight excluding hydrogens is 404 g/mol. The van der Waals surface area contributed by atoms with Gasteiger partial charge in [0.1, 0.15) is 17.3 Å². The number of methoxy groups -OCH3 is 1. The molecule has 7 heteroatoms. The minimum atomic E-state index is -0.400. The van der Waals surface area contributed by atoms with E-state index < -0.39 is 5.97 Å². The van der Waals surface area contributed by atoms with Gasteiger partial charge in [-0.15, -0.1) is 0 Å².